The van der Waals surface area contributed by atoms with E-state index in [2.05, 4.69) is 39.7 Å². The summed E-state index contributed by atoms with van der Waals surface area (Å²) in [6.07, 6.45) is 3.17. The SMILES string of the molecule is CCCCn1nc(O)c(CC(C)C)c1C(C)C. The molecule has 0 saturated heterocycles. The predicted octanol–water partition coefficient (Wildman–Crippen LogP) is 3.71. The summed E-state index contributed by atoms with van der Waals surface area (Å²) in [5, 5.41) is 14.3. The molecule has 1 heterocycles. The van der Waals surface area contributed by atoms with Gasteiger partial charge in [0, 0.05) is 17.8 Å². The molecule has 0 spiro atoms. The first kappa shape index (κ1) is 14.1. The van der Waals surface area contributed by atoms with E-state index in [9.17, 15) is 5.11 Å². The van der Waals surface area contributed by atoms with Crippen molar-refractivity contribution < 1.29 is 5.11 Å². The van der Waals surface area contributed by atoms with Crippen molar-refractivity contribution in [1.82, 2.24) is 9.78 Å². The molecule has 1 rings (SSSR count). The molecule has 0 aliphatic rings. The van der Waals surface area contributed by atoms with E-state index in [0.717, 1.165) is 31.4 Å². The molecule has 1 aromatic heterocycles. The van der Waals surface area contributed by atoms with Crippen molar-refractivity contribution in [3.63, 3.8) is 0 Å². The van der Waals surface area contributed by atoms with Crippen LogP contribution in [0, 0.1) is 5.92 Å². The van der Waals surface area contributed by atoms with Crippen molar-refractivity contribution in [3.05, 3.63) is 11.3 Å². The van der Waals surface area contributed by atoms with Crippen LogP contribution in [0.15, 0.2) is 0 Å². The van der Waals surface area contributed by atoms with Gasteiger partial charge in [0.05, 0.1) is 0 Å². The maximum atomic E-state index is 9.98. The zero-order valence-corrected chi connectivity index (χ0v) is 11.8. The van der Waals surface area contributed by atoms with Gasteiger partial charge in [-0.05, 0) is 24.7 Å². The molecule has 0 fully saturated rings. The quantitative estimate of drug-likeness (QED) is 0.820. The Balaban J connectivity index is 3.05. The summed E-state index contributed by atoms with van der Waals surface area (Å²) in [5.74, 6) is 1.19. The number of unbranched alkanes of at least 4 members (excludes halogenated alkanes) is 1. The summed E-state index contributed by atoms with van der Waals surface area (Å²) in [6, 6.07) is 0. The van der Waals surface area contributed by atoms with Gasteiger partial charge in [0.2, 0.25) is 5.88 Å². The first-order chi connectivity index (χ1) is 7.97. The Hall–Kier alpha value is -0.990. The van der Waals surface area contributed by atoms with Crippen molar-refractivity contribution in [2.75, 3.05) is 0 Å². The third kappa shape index (κ3) is 3.48. The largest absolute Gasteiger partial charge is 0.492 e. The lowest BCUT2D eigenvalue weighted by atomic mass is 9.98. The van der Waals surface area contributed by atoms with Crippen LogP contribution in [0.4, 0.5) is 0 Å². The van der Waals surface area contributed by atoms with Gasteiger partial charge in [-0.15, -0.1) is 5.10 Å². The van der Waals surface area contributed by atoms with Gasteiger partial charge in [0.1, 0.15) is 0 Å². The Morgan fingerprint density at radius 2 is 1.88 bits per heavy atom. The number of aryl methyl sites for hydroxylation is 1. The van der Waals surface area contributed by atoms with Crippen LogP contribution in [-0.2, 0) is 13.0 Å². The zero-order valence-electron chi connectivity index (χ0n) is 11.8. The number of aromatic hydroxyl groups is 1. The molecule has 0 aliphatic carbocycles. The summed E-state index contributed by atoms with van der Waals surface area (Å²) in [4.78, 5) is 0. The minimum atomic E-state index is 0.235. The molecule has 1 N–H and O–H groups in total. The van der Waals surface area contributed by atoms with Gasteiger partial charge in [-0.1, -0.05) is 41.0 Å². The molecular formula is C14H26N2O. The average Bonchev–Trinajstić information content (AvgIpc) is 2.52. The van der Waals surface area contributed by atoms with Crippen molar-refractivity contribution >= 4 is 0 Å². The van der Waals surface area contributed by atoms with E-state index in [-0.39, 0.29) is 5.88 Å². The summed E-state index contributed by atoms with van der Waals surface area (Å²) in [5.41, 5.74) is 2.26. The van der Waals surface area contributed by atoms with Gasteiger partial charge in [-0.3, -0.25) is 4.68 Å². The van der Waals surface area contributed by atoms with Crippen molar-refractivity contribution in [3.8, 4) is 5.88 Å². The van der Waals surface area contributed by atoms with Gasteiger partial charge in [-0.25, -0.2) is 0 Å². The molecule has 0 aliphatic heterocycles. The van der Waals surface area contributed by atoms with Crippen LogP contribution in [0.3, 0.4) is 0 Å². The number of rotatable bonds is 6. The Kier molecular flexibility index (Phi) is 5.03. The minimum absolute atomic E-state index is 0.235. The highest BCUT2D eigenvalue weighted by Gasteiger charge is 2.20. The highest BCUT2D eigenvalue weighted by molar-refractivity contribution is 5.32. The fourth-order valence-electron chi connectivity index (χ4n) is 2.23. The molecular weight excluding hydrogens is 212 g/mol. The van der Waals surface area contributed by atoms with Gasteiger partial charge >= 0.3 is 0 Å². The first-order valence-corrected chi connectivity index (χ1v) is 6.75. The predicted molar refractivity (Wildman–Crippen MR) is 71.4 cm³/mol. The molecule has 0 bridgehead atoms. The lowest BCUT2D eigenvalue weighted by Gasteiger charge is -2.13. The van der Waals surface area contributed by atoms with Gasteiger partial charge < -0.3 is 5.11 Å². The lowest BCUT2D eigenvalue weighted by Crippen LogP contribution is -2.08. The zero-order chi connectivity index (χ0) is 13.0. The van der Waals surface area contributed by atoms with Crippen LogP contribution in [-0.4, -0.2) is 14.9 Å². The highest BCUT2D eigenvalue weighted by Crippen LogP contribution is 2.29. The van der Waals surface area contributed by atoms with Gasteiger partial charge in [0.25, 0.3) is 0 Å². The van der Waals surface area contributed by atoms with E-state index in [0.29, 0.717) is 11.8 Å². The number of hydrogen-bond acceptors (Lipinski definition) is 2. The molecule has 1 aromatic rings. The Bertz CT molecular complexity index is 353. The summed E-state index contributed by atoms with van der Waals surface area (Å²) < 4.78 is 2.00. The Labute approximate surface area is 105 Å². The average molecular weight is 238 g/mol. The topological polar surface area (TPSA) is 38.0 Å². The van der Waals surface area contributed by atoms with Crippen LogP contribution in [0.2, 0.25) is 0 Å². The molecule has 3 heteroatoms. The van der Waals surface area contributed by atoms with Crippen molar-refractivity contribution in [2.24, 2.45) is 5.92 Å². The second kappa shape index (κ2) is 6.08. The Morgan fingerprint density at radius 3 is 2.35 bits per heavy atom. The maximum Gasteiger partial charge on any atom is 0.233 e. The first-order valence-electron chi connectivity index (χ1n) is 6.75. The lowest BCUT2D eigenvalue weighted by molar-refractivity contribution is 0.426. The molecule has 0 unspecified atom stereocenters. The molecule has 3 nitrogen and oxygen atoms in total. The van der Waals surface area contributed by atoms with Gasteiger partial charge in [-0.2, -0.15) is 0 Å². The Morgan fingerprint density at radius 1 is 1.24 bits per heavy atom. The van der Waals surface area contributed by atoms with E-state index in [1.165, 1.54) is 5.69 Å². The summed E-state index contributed by atoms with van der Waals surface area (Å²) in [7, 11) is 0. The maximum absolute atomic E-state index is 9.98. The number of hydrogen-bond donors (Lipinski definition) is 1. The van der Waals surface area contributed by atoms with E-state index < -0.39 is 0 Å². The van der Waals surface area contributed by atoms with E-state index in [1.807, 2.05) is 4.68 Å². The van der Waals surface area contributed by atoms with Crippen LogP contribution >= 0.6 is 0 Å². The molecule has 17 heavy (non-hydrogen) atoms. The fraction of sp³-hybridized carbons (Fsp3) is 0.786. The highest BCUT2D eigenvalue weighted by atomic mass is 16.3. The van der Waals surface area contributed by atoms with Gasteiger partial charge in [0.15, 0.2) is 0 Å². The third-order valence-corrected chi connectivity index (χ3v) is 2.96. The summed E-state index contributed by atoms with van der Waals surface area (Å²) >= 11 is 0. The van der Waals surface area contributed by atoms with Crippen LogP contribution in [0.25, 0.3) is 0 Å². The van der Waals surface area contributed by atoms with Crippen LogP contribution in [0.5, 0.6) is 5.88 Å². The standard InChI is InChI=1S/C14H26N2O/c1-6-7-8-16-13(11(4)5)12(9-10(2)3)14(17)15-16/h10-11H,6-9H2,1-5H3,(H,15,17). The number of aromatic nitrogens is 2. The molecule has 0 atom stereocenters. The fourth-order valence-corrected chi connectivity index (χ4v) is 2.23. The molecule has 0 saturated carbocycles. The smallest absolute Gasteiger partial charge is 0.233 e. The van der Waals surface area contributed by atoms with Crippen molar-refractivity contribution in [2.45, 2.75) is 66.3 Å². The molecule has 0 aromatic carbocycles. The molecule has 98 valence electrons. The van der Waals surface area contributed by atoms with E-state index in [4.69, 9.17) is 0 Å². The van der Waals surface area contributed by atoms with E-state index >= 15 is 0 Å². The van der Waals surface area contributed by atoms with E-state index in [1.54, 1.807) is 0 Å². The summed E-state index contributed by atoms with van der Waals surface area (Å²) in [6.45, 7) is 11.8. The molecule has 0 radical (unpaired) electrons. The van der Waals surface area contributed by atoms with Crippen LogP contribution < -0.4 is 0 Å². The third-order valence-electron chi connectivity index (χ3n) is 2.96. The van der Waals surface area contributed by atoms with Crippen LogP contribution in [0.1, 0.15) is 64.6 Å². The minimum Gasteiger partial charge on any atom is -0.492 e. The second-order valence-electron chi connectivity index (χ2n) is 5.52. The number of nitrogens with zero attached hydrogens (tertiary/aromatic N) is 2. The molecule has 0 amide bonds. The normalized spacial score (nSPS) is 11.7. The van der Waals surface area contributed by atoms with Crippen molar-refractivity contribution in [1.29, 1.82) is 0 Å². The monoisotopic (exact) mass is 238 g/mol. The second-order valence-corrected chi connectivity index (χ2v) is 5.52.